The highest BCUT2D eigenvalue weighted by molar-refractivity contribution is 5.83. The van der Waals surface area contributed by atoms with Gasteiger partial charge in [-0.2, -0.15) is 0 Å². The monoisotopic (exact) mass is 262 g/mol. The molecule has 4 nitrogen and oxygen atoms in total. The summed E-state index contributed by atoms with van der Waals surface area (Å²) in [6.45, 7) is 6.60. The Bertz CT molecular complexity index is 459. The molecule has 1 heterocycles. The zero-order chi connectivity index (χ0) is 13.8. The van der Waals surface area contributed by atoms with Gasteiger partial charge in [-0.05, 0) is 19.5 Å². The van der Waals surface area contributed by atoms with Gasteiger partial charge in [0.15, 0.2) is 6.10 Å². The lowest BCUT2D eigenvalue weighted by molar-refractivity contribution is -0.132. The molecule has 104 valence electrons. The number of likely N-dealkylation sites (N-methyl/N-ethyl adjacent to an activating group) is 1. The summed E-state index contributed by atoms with van der Waals surface area (Å²) >= 11 is 0. The predicted molar refractivity (Wildman–Crippen MR) is 75.2 cm³/mol. The molecule has 1 aliphatic heterocycles. The molecule has 1 aliphatic rings. The maximum absolute atomic E-state index is 11.9. The highest BCUT2D eigenvalue weighted by Crippen LogP contribution is 2.24. The molecule has 1 fully saturated rings. The Kier molecular flexibility index (Phi) is 4.43. The van der Waals surface area contributed by atoms with Gasteiger partial charge in [-0.25, -0.2) is 0 Å². The van der Waals surface area contributed by atoms with Gasteiger partial charge in [0.2, 0.25) is 0 Å². The van der Waals surface area contributed by atoms with Crippen LogP contribution in [0.15, 0.2) is 18.2 Å². The van der Waals surface area contributed by atoms with Gasteiger partial charge < -0.3 is 15.0 Å². The minimum atomic E-state index is -0.326. The Labute approximate surface area is 114 Å². The van der Waals surface area contributed by atoms with Crippen LogP contribution in [0.1, 0.15) is 24.5 Å². The van der Waals surface area contributed by atoms with Gasteiger partial charge in [-0.3, -0.25) is 4.79 Å². The lowest BCUT2D eigenvalue weighted by Gasteiger charge is -2.16. The fourth-order valence-electron chi connectivity index (χ4n) is 2.27. The highest BCUT2D eigenvalue weighted by atomic mass is 16.5. The average molecular weight is 262 g/mol. The molecule has 1 atom stereocenters. The third-order valence-electron chi connectivity index (χ3n) is 3.43. The Morgan fingerprint density at radius 1 is 1.47 bits per heavy atom. The Balaban J connectivity index is 2.12. The molecule has 0 bridgehead atoms. The molecular weight excluding hydrogens is 240 g/mol. The fourth-order valence-corrected chi connectivity index (χ4v) is 2.27. The number of rotatable bonds is 5. The summed E-state index contributed by atoms with van der Waals surface area (Å²) < 4.78 is 5.91. The van der Waals surface area contributed by atoms with E-state index in [-0.39, 0.29) is 12.0 Å². The van der Waals surface area contributed by atoms with Crippen molar-refractivity contribution in [2.45, 2.75) is 32.9 Å². The molecule has 0 spiro atoms. The minimum Gasteiger partial charge on any atom is -0.480 e. The SMILES string of the molecule is CCNCc1cc(C)ccc1OC1CCN(C)C1=O. The summed E-state index contributed by atoms with van der Waals surface area (Å²) in [4.78, 5) is 13.6. The van der Waals surface area contributed by atoms with Crippen molar-refractivity contribution in [1.82, 2.24) is 10.2 Å². The van der Waals surface area contributed by atoms with Crippen LogP contribution < -0.4 is 10.1 Å². The second kappa shape index (κ2) is 6.06. The van der Waals surface area contributed by atoms with Crippen LogP contribution in [0.5, 0.6) is 5.75 Å². The van der Waals surface area contributed by atoms with Gasteiger partial charge in [-0.15, -0.1) is 0 Å². The van der Waals surface area contributed by atoms with Gasteiger partial charge in [0.25, 0.3) is 5.91 Å². The van der Waals surface area contributed by atoms with Crippen molar-refractivity contribution in [1.29, 1.82) is 0 Å². The number of carbonyl (C=O) groups excluding carboxylic acids is 1. The van der Waals surface area contributed by atoms with E-state index in [0.717, 1.165) is 37.4 Å². The zero-order valence-electron chi connectivity index (χ0n) is 11.9. The quantitative estimate of drug-likeness (QED) is 0.878. The smallest absolute Gasteiger partial charge is 0.263 e. The number of nitrogens with zero attached hydrogens (tertiary/aromatic N) is 1. The van der Waals surface area contributed by atoms with Crippen LogP contribution in [0.4, 0.5) is 0 Å². The summed E-state index contributed by atoms with van der Waals surface area (Å²) in [5, 5.41) is 3.30. The van der Waals surface area contributed by atoms with Crippen molar-refractivity contribution in [2.75, 3.05) is 20.1 Å². The second-order valence-corrected chi connectivity index (χ2v) is 5.05. The molecule has 1 aromatic carbocycles. The molecule has 0 aromatic heterocycles. The first-order chi connectivity index (χ1) is 9.11. The van der Waals surface area contributed by atoms with Crippen molar-refractivity contribution in [3.63, 3.8) is 0 Å². The molecule has 0 aliphatic carbocycles. The maximum Gasteiger partial charge on any atom is 0.263 e. The normalized spacial score (nSPS) is 19.0. The number of hydrogen-bond acceptors (Lipinski definition) is 3. The summed E-state index contributed by atoms with van der Waals surface area (Å²) in [6.07, 6.45) is 0.442. The van der Waals surface area contributed by atoms with Crippen LogP contribution in [0.25, 0.3) is 0 Å². The van der Waals surface area contributed by atoms with E-state index in [0.29, 0.717) is 0 Å². The summed E-state index contributed by atoms with van der Waals surface area (Å²) in [6, 6.07) is 6.10. The van der Waals surface area contributed by atoms with Gasteiger partial charge in [0, 0.05) is 32.1 Å². The summed E-state index contributed by atoms with van der Waals surface area (Å²) in [5.74, 6) is 0.898. The third kappa shape index (κ3) is 3.26. The molecule has 1 unspecified atom stereocenters. The zero-order valence-corrected chi connectivity index (χ0v) is 11.9. The second-order valence-electron chi connectivity index (χ2n) is 5.05. The number of aryl methyl sites for hydroxylation is 1. The van der Waals surface area contributed by atoms with Crippen LogP contribution in [0.3, 0.4) is 0 Å². The fraction of sp³-hybridized carbons (Fsp3) is 0.533. The number of amides is 1. The first-order valence-electron chi connectivity index (χ1n) is 6.83. The summed E-state index contributed by atoms with van der Waals surface area (Å²) in [5.41, 5.74) is 2.32. The molecule has 4 heteroatoms. The number of ether oxygens (including phenoxy) is 1. The van der Waals surface area contributed by atoms with Gasteiger partial charge in [0.1, 0.15) is 5.75 Å². The Morgan fingerprint density at radius 3 is 2.89 bits per heavy atom. The van der Waals surface area contributed by atoms with Crippen LogP contribution in [-0.4, -0.2) is 37.0 Å². The number of carbonyl (C=O) groups is 1. The van der Waals surface area contributed by atoms with Crippen LogP contribution in [-0.2, 0) is 11.3 Å². The van der Waals surface area contributed by atoms with Crippen LogP contribution >= 0.6 is 0 Å². The topological polar surface area (TPSA) is 41.6 Å². The lowest BCUT2D eigenvalue weighted by Crippen LogP contribution is -2.29. The van der Waals surface area contributed by atoms with Crippen molar-refractivity contribution >= 4 is 5.91 Å². The van der Waals surface area contributed by atoms with E-state index in [4.69, 9.17) is 4.74 Å². The molecule has 19 heavy (non-hydrogen) atoms. The lowest BCUT2D eigenvalue weighted by atomic mass is 10.1. The molecule has 1 N–H and O–H groups in total. The third-order valence-corrected chi connectivity index (χ3v) is 3.43. The largest absolute Gasteiger partial charge is 0.480 e. The molecule has 0 saturated carbocycles. The van der Waals surface area contributed by atoms with Gasteiger partial charge in [0.05, 0.1) is 0 Å². The van der Waals surface area contributed by atoms with Crippen molar-refractivity contribution in [3.8, 4) is 5.75 Å². The average Bonchev–Trinajstić information content (AvgIpc) is 2.71. The molecule has 1 amide bonds. The van der Waals surface area contributed by atoms with E-state index < -0.39 is 0 Å². The van der Waals surface area contributed by atoms with Crippen molar-refractivity contribution in [3.05, 3.63) is 29.3 Å². The van der Waals surface area contributed by atoms with E-state index in [1.165, 1.54) is 5.56 Å². The Morgan fingerprint density at radius 2 is 2.26 bits per heavy atom. The maximum atomic E-state index is 11.9. The molecule has 0 radical (unpaired) electrons. The van der Waals surface area contributed by atoms with Gasteiger partial charge in [-0.1, -0.05) is 24.6 Å². The molecular formula is C15H22N2O2. The molecule has 2 rings (SSSR count). The van der Waals surface area contributed by atoms with Crippen molar-refractivity contribution < 1.29 is 9.53 Å². The standard InChI is InChI=1S/C15H22N2O2/c1-4-16-10-12-9-11(2)5-6-13(12)19-14-7-8-17(3)15(14)18/h5-6,9,14,16H,4,7-8,10H2,1-3H3. The van der Waals surface area contributed by atoms with Crippen molar-refractivity contribution in [2.24, 2.45) is 0 Å². The van der Waals surface area contributed by atoms with Gasteiger partial charge >= 0.3 is 0 Å². The first kappa shape index (κ1) is 13.9. The molecule has 1 aromatic rings. The predicted octanol–water partition coefficient (Wildman–Crippen LogP) is 1.71. The van der Waals surface area contributed by atoms with E-state index in [9.17, 15) is 4.79 Å². The number of nitrogens with one attached hydrogen (secondary N) is 1. The van der Waals surface area contributed by atoms with Crippen LogP contribution in [0, 0.1) is 6.92 Å². The van der Waals surface area contributed by atoms with E-state index in [2.05, 4.69) is 25.2 Å². The molecule has 1 saturated heterocycles. The van der Waals surface area contributed by atoms with E-state index in [1.807, 2.05) is 19.2 Å². The first-order valence-corrected chi connectivity index (χ1v) is 6.83. The number of hydrogen-bond donors (Lipinski definition) is 1. The minimum absolute atomic E-state index is 0.0787. The highest BCUT2D eigenvalue weighted by Gasteiger charge is 2.31. The summed E-state index contributed by atoms with van der Waals surface area (Å²) in [7, 11) is 1.82. The Hall–Kier alpha value is -1.55. The number of likely N-dealkylation sites (tertiary alicyclic amines) is 1. The van der Waals surface area contributed by atoms with E-state index >= 15 is 0 Å². The van der Waals surface area contributed by atoms with E-state index in [1.54, 1.807) is 4.90 Å². The number of benzene rings is 1. The van der Waals surface area contributed by atoms with Crippen LogP contribution in [0.2, 0.25) is 0 Å².